The van der Waals surface area contributed by atoms with Crippen molar-refractivity contribution in [2.75, 3.05) is 5.73 Å². The van der Waals surface area contributed by atoms with Gasteiger partial charge in [0, 0.05) is 11.3 Å². The number of oxime groups is 1. The average Bonchev–Trinajstić information content (AvgIpc) is 3.15. The van der Waals surface area contributed by atoms with Gasteiger partial charge in [-0.1, -0.05) is 17.3 Å². The van der Waals surface area contributed by atoms with Crippen molar-refractivity contribution < 1.29 is 14.6 Å². The molecule has 1 aromatic carbocycles. The van der Waals surface area contributed by atoms with Gasteiger partial charge in [-0.2, -0.15) is 4.68 Å². The second kappa shape index (κ2) is 8.07. The molecule has 2 atom stereocenters. The maximum absolute atomic E-state index is 12.9. The quantitative estimate of drug-likeness (QED) is 0.143. The Bertz CT molecular complexity index is 1190. The van der Waals surface area contributed by atoms with Crippen LogP contribution in [0.15, 0.2) is 34.0 Å². The third kappa shape index (κ3) is 3.85. The van der Waals surface area contributed by atoms with Crippen molar-refractivity contribution in [2.45, 2.75) is 57.4 Å². The van der Waals surface area contributed by atoms with E-state index in [1.54, 1.807) is 29.1 Å². The Morgan fingerprint density at radius 2 is 2.06 bits per heavy atom. The lowest BCUT2D eigenvalue weighted by molar-refractivity contribution is -0.390. The highest BCUT2D eigenvalue weighted by Crippen LogP contribution is 2.65. The van der Waals surface area contributed by atoms with Crippen LogP contribution in [0.5, 0.6) is 0 Å². The van der Waals surface area contributed by atoms with Gasteiger partial charge in [-0.3, -0.25) is 0 Å². The molecule has 0 saturated heterocycles. The summed E-state index contributed by atoms with van der Waals surface area (Å²) >= 11 is 3.28. The average molecular weight is 531 g/mol. The van der Waals surface area contributed by atoms with Crippen LogP contribution in [-0.4, -0.2) is 26.5 Å². The molecule has 0 radical (unpaired) electrons. The van der Waals surface area contributed by atoms with E-state index in [1.807, 2.05) is 6.92 Å². The highest BCUT2D eigenvalue weighted by atomic mass is 79.9. The molecule has 0 amide bonds. The first-order valence-corrected chi connectivity index (χ1v) is 12.2. The van der Waals surface area contributed by atoms with Crippen LogP contribution in [0.3, 0.4) is 0 Å². The minimum atomic E-state index is -0.474. The van der Waals surface area contributed by atoms with Crippen LogP contribution in [0.1, 0.15) is 56.1 Å². The zero-order valence-electron chi connectivity index (χ0n) is 18.9. The fraction of sp³-hybridized carbons (Fsp3) is 0.522. The van der Waals surface area contributed by atoms with E-state index in [-0.39, 0.29) is 29.0 Å². The number of nitro groups is 1. The Hall–Kier alpha value is -2.95. The minimum Gasteiger partial charge on any atom is -0.398 e. The molecule has 180 valence electrons. The van der Waals surface area contributed by atoms with Crippen molar-refractivity contribution in [2.24, 2.45) is 28.1 Å². The molecule has 10 nitrogen and oxygen atoms in total. The van der Waals surface area contributed by atoms with Crippen molar-refractivity contribution in [1.82, 2.24) is 9.78 Å². The van der Waals surface area contributed by atoms with E-state index in [0.29, 0.717) is 27.6 Å². The third-order valence-corrected chi connectivity index (χ3v) is 8.44. The lowest BCUT2D eigenvalue weighted by Gasteiger charge is -2.60. The lowest BCUT2D eigenvalue weighted by Crippen LogP contribution is -2.57. The van der Waals surface area contributed by atoms with E-state index in [9.17, 15) is 14.9 Å². The Morgan fingerprint density at radius 1 is 1.35 bits per heavy atom. The van der Waals surface area contributed by atoms with Crippen molar-refractivity contribution >= 4 is 39.2 Å². The van der Waals surface area contributed by atoms with Gasteiger partial charge >= 0.3 is 11.8 Å². The van der Waals surface area contributed by atoms with Gasteiger partial charge in [0.05, 0.1) is 23.3 Å². The molecule has 2 aromatic rings. The molecule has 1 aromatic heterocycles. The van der Waals surface area contributed by atoms with Crippen LogP contribution >= 0.6 is 15.9 Å². The molecule has 2 unspecified atom stereocenters. The standard InChI is InChI=1S/C23H27BrN6O4/c1-13-16(3-2-4-18(13)25)20(26)28-34-19(31)10-22-6-14-5-15(7-22)9-23(8-14,12-22)29-11-17(24)21(27-29)30(32)33/h2-4,11,14-15H,5-10,12,25H2,1H3,(H2,26,28). The summed E-state index contributed by atoms with van der Waals surface area (Å²) in [7, 11) is 0. The smallest absolute Gasteiger partial charge is 0.398 e. The molecule has 4 N–H and O–H groups in total. The molecule has 4 aliphatic rings. The topological polar surface area (TPSA) is 152 Å². The minimum absolute atomic E-state index is 0.105. The van der Waals surface area contributed by atoms with E-state index in [2.05, 4.69) is 26.2 Å². The van der Waals surface area contributed by atoms with Gasteiger partial charge in [0.15, 0.2) is 5.84 Å². The Kier molecular flexibility index (Phi) is 5.42. The molecule has 4 aliphatic carbocycles. The zero-order valence-corrected chi connectivity index (χ0v) is 20.5. The third-order valence-electron chi connectivity index (χ3n) is 7.88. The molecule has 4 saturated carbocycles. The summed E-state index contributed by atoms with van der Waals surface area (Å²) < 4.78 is 2.16. The molecule has 4 bridgehead atoms. The Morgan fingerprint density at radius 3 is 2.71 bits per heavy atom. The molecule has 0 aliphatic heterocycles. The van der Waals surface area contributed by atoms with Crippen LogP contribution < -0.4 is 11.5 Å². The van der Waals surface area contributed by atoms with E-state index < -0.39 is 10.9 Å². The van der Waals surface area contributed by atoms with Gasteiger partial charge in [0.2, 0.25) is 0 Å². The maximum Gasteiger partial charge on any atom is 0.404 e. The van der Waals surface area contributed by atoms with Gasteiger partial charge in [-0.15, -0.1) is 0 Å². The molecule has 34 heavy (non-hydrogen) atoms. The number of nitrogens with two attached hydrogens (primary N) is 2. The lowest BCUT2D eigenvalue weighted by atomic mass is 9.46. The summed E-state index contributed by atoms with van der Waals surface area (Å²) in [5, 5.41) is 19.6. The molecule has 0 spiro atoms. The van der Waals surface area contributed by atoms with Crippen LogP contribution in [0, 0.1) is 34.3 Å². The second-order valence-electron chi connectivity index (χ2n) is 10.3. The largest absolute Gasteiger partial charge is 0.404 e. The Balaban J connectivity index is 1.35. The molecular formula is C23H27BrN6O4. The van der Waals surface area contributed by atoms with E-state index in [1.165, 1.54) is 0 Å². The number of nitrogens with zero attached hydrogens (tertiary/aromatic N) is 4. The Labute approximate surface area is 205 Å². The normalized spacial score (nSPS) is 29.9. The maximum atomic E-state index is 12.9. The zero-order chi connectivity index (χ0) is 24.3. The summed E-state index contributed by atoms with van der Waals surface area (Å²) in [5.74, 6) is 0.424. The van der Waals surface area contributed by atoms with Crippen molar-refractivity contribution in [3.8, 4) is 0 Å². The van der Waals surface area contributed by atoms with Crippen LogP contribution in [0.25, 0.3) is 0 Å². The first-order valence-electron chi connectivity index (χ1n) is 11.4. The van der Waals surface area contributed by atoms with Gasteiger partial charge < -0.3 is 26.4 Å². The molecular weight excluding hydrogens is 504 g/mol. The number of carbonyl (C=O) groups is 1. The van der Waals surface area contributed by atoms with E-state index in [0.717, 1.165) is 44.1 Å². The molecule has 1 heterocycles. The van der Waals surface area contributed by atoms with Gasteiger partial charge in [0.1, 0.15) is 4.47 Å². The second-order valence-corrected chi connectivity index (χ2v) is 11.2. The van der Waals surface area contributed by atoms with E-state index >= 15 is 0 Å². The monoisotopic (exact) mass is 530 g/mol. The van der Waals surface area contributed by atoms with Crippen molar-refractivity contribution in [3.63, 3.8) is 0 Å². The van der Waals surface area contributed by atoms with E-state index in [4.69, 9.17) is 16.3 Å². The fourth-order valence-corrected chi connectivity index (χ4v) is 7.42. The van der Waals surface area contributed by atoms with Crippen LogP contribution in [0.2, 0.25) is 0 Å². The van der Waals surface area contributed by atoms with Crippen molar-refractivity contribution in [1.29, 1.82) is 0 Å². The number of nitrogen functional groups attached to an aromatic ring is 1. The highest BCUT2D eigenvalue weighted by Gasteiger charge is 2.60. The first kappa shape index (κ1) is 22.8. The summed E-state index contributed by atoms with van der Waals surface area (Å²) in [4.78, 5) is 29.0. The number of rotatable bonds is 6. The highest BCUT2D eigenvalue weighted by molar-refractivity contribution is 9.10. The molecule has 6 rings (SSSR count). The first-order chi connectivity index (χ1) is 16.1. The molecule has 11 heteroatoms. The van der Waals surface area contributed by atoms with Crippen LogP contribution in [0.4, 0.5) is 11.5 Å². The van der Waals surface area contributed by atoms with Gasteiger partial charge in [0.25, 0.3) is 0 Å². The summed E-state index contributed by atoms with van der Waals surface area (Å²) in [6, 6.07) is 5.32. The SMILES string of the molecule is Cc1c(N)cccc1/C(N)=N/OC(=O)CC12CC3CC(C1)CC(n1cc(Br)c([N+](=O)[O-])n1)(C3)C2. The number of halogens is 1. The number of aromatic nitrogens is 2. The predicted octanol–water partition coefficient (Wildman–Crippen LogP) is 3.99. The number of carbonyl (C=O) groups excluding carboxylic acids is 1. The summed E-state index contributed by atoms with van der Waals surface area (Å²) in [6.07, 6.45) is 7.55. The molecule has 4 fully saturated rings. The van der Waals surface area contributed by atoms with Gasteiger partial charge in [-0.25, -0.2) is 4.79 Å². The predicted molar refractivity (Wildman–Crippen MR) is 129 cm³/mol. The van der Waals surface area contributed by atoms with Crippen LogP contribution in [-0.2, 0) is 15.2 Å². The number of anilines is 1. The number of amidine groups is 1. The summed E-state index contributed by atoms with van der Waals surface area (Å²) in [6.45, 7) is 1.84. The number of hydrogen-bond donors (Lipinski definition) is 2. The fourth-order valence-electron chi connectivity index (χ4n) is 7.01. The number of benzene rings is 1. The summed E-state index contributed by atoms with van der Waals surface area (Å²) in [5.41, 5.74) is 13.4. The van der Waals surface area contributed by atoms with Crippen molar-refractivity contribution in [3.05, 3.63) is 50.1 Å². The van der Waals surface area contributed by atoms with Gasteiger partial charge in [-0.05, 0) is 95.2 Å². The number of hydrogen-bond acceptors (Lipinski definition) is 7.